The van der Waals surface area contributed by atoms with E-state index in [0.717, 1.165) is 31.2 Å². The number of nitrogens with zero attached hydrogens (tertiary/aromatic N) is 2. The second-order valence-electron chi connectivity index (χ2n) is 5.38. The molecule has 98 valence electrons. The van der Waals surface area contributed by atoms with Crippen molar-refractivity contribution >= 4 is 11.6 Å². The maximum Gasteiger partial charge on any atom is 0.0477 e. The molecule has 2 aliphatic heterocycles. The molecule has 2 saturated heterocycles. The van der Waals surface area contributed by atoms with Crippen molar-refractivity contribution in [1.29, 1.82) is 0 Å². The average Bonchev–Trinajstić information content (AvgIpc) is 2.38. The highest BCUT2D eigenvalue weighted by Crippen LogP contribution is 2.28. The monoisotopic (exact) mass is 265 g/mol. The Labute approximate surface area is 114 Å². The van der Waals surface area contributed by atoms with Crippen molar-refractivity contribution in [3.05, 3.63) is 34.9 Å². The molecule has 2 fully saturated rings. The number of likely N-dealkylation sites (N-methyl/N-ethyl adjacent to an activating group) is 1. The zero-order chi connectivity index (χ0) is 12.5. The molecular weight excluding hydrogens is 246 g/mol. The van der Waals surface area contributed by atoms with Crippen LogP contribution >= 0.6 is 11.6 Å². The first kappa shape index (κ1) is 12.4. The summed E-state index contributed by atoms with van der Waals surface area (Å²) in [4.78, 5) is 5.08. The number of fused-ring (bicyclic) bond motifs is 1. The average molecular weight is 266 g/mol. The minimum atomic E-state index is 0.495. The normalized spacial score (nSPS) is 30.1. The number of piperazine rings is 2. The molecule has 3 nitrogen and oxygen atoms in total. The summed E-state index contributed by atoms with van der Waals surface area (Å²) in [5, 5.41) is 4.38. The summed E-state index contributed by atoms with van der Waals surface area (Å²) in [5.74, 6) is 0. The number of hydrogen-bond donors (Lipinski definition) is 1. The van der Waals surface area contributed by atoms with E-state index >= 15 is 0 Å². The summed E-state index contributed by atoms with van der Waals surface area (Å²) >= 11 is 5.97. The van der Waals surface area contributed by atoms with Gasteiger partial charge in [0.05, 0.1) is 0 Å². The number of nitrogens with one attached hydrogen (secondary N) is 1. The van der Waals surface area contributed by atoms with Gasteiger partial charge in [-0.2, -0.15) is 0 Å². The maximum atomic E-state index is 5.97. The molecule has 2 unspecified atom stereocenters. The Morgan fingerprint density at radius 3 is 2.72 bits per heavy atom. The molecular formula is C14H20ClN3. The smallest absolute Gasteiger partial charge is 0.0477 e. The second kappa shape index (κ2) is 5.17. The molecule has 0 amide bonds. The number of benzene rings is 1. The van der Waals surface area contributed by atoms with E-state index in [0.29, 0.717) is 12.1 Å². The molecule has 18 heavy (non-hydrogen) atoms. The van der Waals surface area contributed by atoms with E-state index in [4.69, 9.17) is 11.6 Å². The lowest BCUT2D eigenvalue weighted by molar-refractivity contribution is 0.0290. The van der Waals surface area contributed by atoms with E-state index in [1.165, 1.54) is 12.1 Å². The zero-order valence-electron chi connectivity index (χ0n) is 10.8. The van der Waals surface area contributed by atoms with E-state index in [9.17, 15) is 0 Å². The number of rotatable bonds is 1. The van der Waals surface area contributed by atoms with Gasteiger partial charge in [-0.25, -0.2) is 0 Å². The predicted molar refractivity (Wildman–Crippen MR) is 75.1 cm³/mol. The highest BCUT2D eigenvalue weighted by atomic mass is 35.5. The SMILES string of the molecule is CN1CCN2C(CNCC2c2ccc(Cl)cc2)C1. The van der Waals surface area contributed by atoms with Crippen LogP contribution < -0.4 is 5.32 Å². The van der Waals surface area contributed by atoms with Gasteiger partial charge in [0.1, 0.15) is 0 Å². The van der Waals surface area contributed by atoms with Gasteiger partial charge in [0.2, 0.25) is 0 Å². The molecule has 0 radical (unpaired) electrons. The van der Waals surface area contributed by atoms with Crippen molar-refractivity contribution in [2.24, 2.45) is 0 Å². The van der Waals surface area contributed by atoms with Crippen molar-refractivity contribution in [2.75, 3.05) is 39.8 Å². The molecule has 0 saturated carbocycles. The predicted octanol–water partition coefficient (Wildman–Crippen LogP) is 1.60. The number of halogens is 1. The molecule has 1 aromatic carbocycles. The Hall–Kier alpha value is -0.610. The minimum absolute atomic E-state index is 0.495. The first-order chi connectivity index (χ1) is 8.74. The molecule has 1 aromatic rings. The topological polar surface area (TPSA) is 18.5 Å². The fraction of sp³-hybridized carbons (Fsp3) is 0.571. The lowest BCUT2D eigenvalue weighted by Crippen LogP contribution is -2.61. The third-order valence-corrected chi connectivity index (χ3v) is 4.36. The quantitative estimate of drug-likeness (QED) is 0.832. The Bertz CT molecular complexity index is 406. The Kier molecular flexibility index (Phi) is 3.57. The molecule has 2 aliphatic rings. The van der Waals surface area contributed by atoms with Crippen LogP contribution in [0.3, 0.4) is 0 Å². The van der Waals surface area contributed by atoms with Gasteiger partial charge in [0.25, 0.3) is 0 Å². The van der Waals surface area contributed by atoms with Crippen LogP contribution in [0.2, 0.25) is 5.02 Å². The summed E-state index contributed by atoms with van der Waals surface area (Å²) in [7, 11) is 2.21. The van der Waals surface area contributed by atoms with Crippen molar-refractivity contribution in [3.63, 3.8) is 0 Å². The van der Waals surface area contributed by atoms with Crippen molar-refractivity contribution in [2.45, 2.75) is 12.1 Å². The van der Waals surface area contributed by atoms with Crippen LogP contribution in [-0.4, -0.2) is 55.6 Å². The number of hydrogen-bond acceptors (Lipinski definition) is 3. The highest BCUT2D eigenvalue weighted by Gasteiger charge is 2.34. The fourth-order valence-electron chi connectivity index (χ4n) is 3.11. The van der Waals surface area contributed by atoms with Crippen molar-refractivity contribution in [1.82, 2.24) is 15.1 Å². The molecule has 0 bridgehead atoms. The lowest BCUT2D eigenvalue weighted by atomic mass is 9.98. The molecule has 1 N–H and O–H groups in total. The summed E-state index contributed by atoms with van der Waals surface area (Å²) in [5.41, 5.74) is 1.38. The van der Waals surface area contributed by atoms with Gasteiger partial charge in [-0.1, -0.05) is 23.7 Å². The lowest BCUT2D eigenvalue weighted by Gasteiger charge is -2.48. The molecule has 2 atom stereocenters. The molecule has 3 rings (SSSR count). The van der Waals surface area contributed by atoms with Gasteiger partial charge in [0, 0.05) is 49.8 Å². The van der Waals surface area contributed by atoms with Crippen LogP contribution in [0, 0.1) is 0 Å². The van der Waals surface area contributed by atoms with E-state index in [1.54, 1.807) is 0 Å². The van der Waals surface area contributed by atoms with Crippen molar-refractivity contribution < 1.29 is 0 Å². The van der Waals surface area contributed by atoms with Gasteiger partial charge in [-0.15, -0.1) is 0 Å². The Balaban J connectivity index is 1.81. The summed E-state index contributed by atoms with van der Waals surface area (Å²) in [6.45, 7) is 5.64. The Morgan fingerprint density at radius 2 is 1.94 bits per heavy atom. The van der Waals surface area contributed by atoms with Crippen LogP contribution in [0.5, 0.6) is 0 Å². The summed E-state index contributed by atoms with van der Waals surface area (Å²) < 4.78 is 0. The maximum absolute atomic E-state index is 5.97. The van der Waals surface area contributed by atoms with E-state index in [1.807, 2.05) is 12.1 Å². The largest absolute Gasteiger partial charge is 0.313 e. The van der Waals surface area contributed by atoms with Crippen LogP contribution in [0.15, 0.2) is 24.3 Å². The minimum Gasteiger partial charge on any atom is -0.313 e. The standard InChI is InChI=1S/C14H20ClN3/c1-17-6-7-18-13(10-17)8-16-9-14(18)11-2-4-12(15)5-3-11/h2-5,13-14,16H,6-10H2,1H3. The van der Waals surface area contributed by atoms with Crippen LogP contribution in [0.25, 0.3) is 0 Å². The van der Waals surface area contributed by atoms with Crippen LogP contribution in [0.1, 0.15) is 11.6 Å². The molecule has 0 aliphatic carbocycles. The molecule has 0 aromatic heterocycles. The van der Waals surface area contributed by atoms with Crippen LogP contribution in [-0.2, 0) is 0 Å². The van der Waals surface area contributed by atoms with E-state index in [-0.39, 0.29) is 0 Å². The second-order valence-corrected chi connectivity index (χ2v) is 5.82. The first-order valence-electron chi connectivity index (χ1n) is 6.64. The third kappa shape index (κ3) is 2.41. The highest BCUT2D eigenvalue weighted by molar-refractivity contribution is 6.30. The fourth-order valence-corrected chi connectivity index (χ4v) is 3.24. The zero-order valence-corrected chi connectivity index (χ0v) is 11.5. The molecule has 4 heteroatoms. The van der Waals surface area contributed by atoms with Gasteiger partial charge in [-0.3, -0.25) is 4.90 Å². The molecule has 0 spiro atoms. The first-order valence-corrected chi connectivity index (χ1v) is 7.02. The van der Waals surface area contributed by atoms with Gasteiger partial charge < -0.3 is 10.2 Å². The Morgan fingerprint density at radius 1 is 1.17 bits per heavy atom. The summed E-state index contributed by atoms with van der Waals surface area (Å²) in [6, 6.07) is 9.45. The van der Waals surface area contributed by atoms with E-state index in [2.05, 4.69) is 34.3 Å². The van der Waals surface area contributed by atoms with Crippen molar-refractivity contribution in [3.8, 4) is 0 Å². The van der Waals surface area contributed by atoms with Gasteiger partial charge in [0.15, 0.2) is 0 Å². The van der Waals surface area contributed by atoms with Gasteiger partial charge in [-0.05, 0) is 24.7 Å². The summed E-state index contributed by atoms with van der Waals surface area (Å²) in [6.07, 6.45) is 0. The molecule has 2 heterocycles. The van der Waals surface area contributed by atoms with E-state index < -0.39 is 0 Å². The third-order valence-electron chi connectivity index (χ3n) is 4.10. The van der Waals surface area contributed by atoms with Gasteiger partial charge >= 0.3 is 0 Å². The van der Waals surface area contributed by atoms with Crippen LogP contribution in [0.4, 0.5) is 0 Å².